The molecule has 4 rings (SSSR count). The van der Waals surface area contributed by atoms with Crippen LogP contribution in [0.1, 0.15) is 26.3 Å². The molecule has 0 radical (unpaired) electrons. The van der Waals surface area contributed by atoms with Crippen molar-refractivity contribution in [2.24, 2.45) is 11.5 Å². The van der Waals surface area contributed by atoms with E-state index in [9.17, 15) is 19.6 Å². The molecule has 0 unspecified atom stereocenters. The van der Waals surface area contributed by atoms with E-state index in [2.05, 4.69) is 25.5 Å². The zero-order valence-corrected chi connectivity index (χ0v) is 16.6. The fourth-order valence-electron chi connectivity index (χ4n) is 3.28. The number of para-hydroxylation sites is 1. The molecule has 12 heteroatoms. The number of amides is 2. The molecule has 32 heavy (non-hydrogen) atoms. The lowest BCUT2D eigenvalue weighted by atomic mass is 9.80. The molecule has 11 nitrogen and oxygen atoms in total. The number of aromatic amines is 1. The van der Waals surface area contributed by atoms with Gasteiger partial charge in [0.25, 0.3) is 11.8 Å². The molecule has 0 aliphatic heterocycles. The first-order valence-corrected chi connectivity index (χ1v) is 9.48. The summed E-state index contributed by atoms with van der Waals surface area (Å²) in [5.74, 6) is -0.945. The molecule has 4 aromatic rings. The van der Waals surface area contributed by atoms with Crippen molar-refractivity contribution in [3.63, 3.8) is 0 Å². The molecule has 0 spiro atoms. The van der Waals surface area contributed by atoms with Crippen LogP contribution in [0.15, 0.2) is 48.7 Å². The van der Waals surface area contributed by atoms with Gasteiger partial charge in [-0.15, -0.1) is 0 Å². The number of carbonyl (C=O) groups is 2. The predicted molar refractivity (Wildman–Crippen MR) is 118 cm³/mol. The van der Waals surface area contributed by atoms with Crippen LogP contribution in [0.3, 0.4) is 0 Å². The van der Waals surface area contributed by atoms with Gasteiger partial charge in [-0.2, -0.15) is 5.10 Å². The third kappa shape index (κ3) is 3.99. The normalized spacial score (nSPS) is 10.8. The first-order valence-electron chi connectivity index (χ1n) is 9.48. The number of carbonyl (C=O) groups excluding carboxylic acids is 2. The van der Waals surface area contributed by atoms with Crippen molar-refractivity contribution < 1.29 is 19.6 Å². The second kappa shape index (κ2) is 8.45. The van der Waals surface area contributed by atoms with Gasteiger partial charge in [0, 0.05) is 18.1 Å². The number of aromatic nitrogens is 4. The van der Waals surface area contributed by atoms with E-state index < -0.39 is 18.9 Å². The van der Waals surface area contributed by atoms with Gasteiger partial charge in [0.15, 0.2) is 5.82 Å². The lowest BCUT2D eigenvalue weighted by Gasteiger charge is -2.11. The van der Waals surface area contributed by atoms with Crippen LogP contribution in [-0.4, -0.2) is 49.1 Å². The molecule has 0 bridgehead atoms. The minimum atomic E-state index is -1.60. The van der Waals surface area contributed by atoms with Gasteiger partial charge in [-0.1, -0.05) is 36.4 Å². The molecular formula is C20H18BN7O4. The minimum absolute atomic E-state index is 0.0739. The highest BCUT2D eigenvalue weighted by Crippen LogP contribution is 2.27. The molecule has 2 amide bonds. The molecular weight excluding hydrogens is 413 g/mol. The zero-order chi connectivity index (χ0) is 22.8. The van der Waals surface area contributed by atoms with Crippen LogP contribution in [0.25, 0.3) is 22.4 Å². The number of nitrogens with two attached hydrogens (primary N) is 2. The summed E-state index contributed by atoms with van der Waals surface area (Å²) in [6.45, 7) is 0.227. The van der Waals surface area contributed by atoms with Gasteiger partial charge in [-0.25, -0.2) is 9.97 Å². The Labute approximate surface area is 181 Å². The summed E-state index contributed by atoms with van der Waals surface area (Å²) in [5, 5.41) is 29.3. The second-order valence-corrected chi connectivity index (χ2v) is 6.96. The summed E-state index contributed by atoms with van der Waals surface area (Å²) in [7, 11) is -1.60. The highest BCUT2D eigenvalue weighted by molar-refractivity contribution is 6.58. The van der Waals surface area contributed by atoms with Crippen LogP contribution in [-0.2, 0) is 6.54 Å². The van der Waals surface area contributed by atoms with Gasteiger partial charge in [-0.05, 0) is 17.1 Å². The van der Waals surface area contributed by atoms with E-state index in [4.69, 9.17) is 11.5 Å². The summed E-state index contributed by atoms with van der Waals surface area (Å²) < 4.78 is 0. The molecule has 0 saturated heterocycles. The minimum Gasteiger partial charge on any atom is -0.423 e. The lowest BCUT2D eigenvalue weighted by molar-refractivity contribution is 0.0992. The Kier molecular flexibility index (Phi) is 5.54. The van der Waals surface area contributed by atoms with Crippen LogP contribution >= 0.6 is 0 Å². The summed E-state index contributed by atoms with van der Waals surface area (Å²) in [6, 6.07) is 11.6. The van der Waals surface area contributed by atoms with Gasteiger partial charge in [-0.3, -0.25) is 14.7 Å². The highest BCUT2D eigenvalue weighted by Gasteiger charge is 2.19. The Balaban J connectivity index is 1.71. The van der Waals surface area contributed by atoms with E-state index in [0.29, 0.717) is 22.1 Å². The number of hydrogen-bond acceptors (Lipinski definition) is 8. The summed E-state index contributed by atoms with van der Waals surface area (Å²) in [5.41, 5.74) is 13.1. The topological polar surface area (TPSA) is 193 Å². The van der Waals surface area contributed by atoms with Gasteiger partial charge in [0.2, 0.25) is 0 Å². The number of fused-ring (bicyclic) bond motifs is 1. The molecule has 0 saturated carbocycles. The van der Waals surface area contributed by atoms with Crippen molar-refractivity contribution in [2.75, 3.05) is 5.32 Å². The number of hydrogen-bond donors (Lipinski definition) is 6. The first-order chi connectivity index (χ1) is 15.3. The predicted octanol–water partition coefficient (Wildman–Crippen LogP) is -0.490. The number of nitrogens with one attached hydrogen (secondary N) is 2. The second-order valence-electron chi connectivity index (χ2n) is 6.96. The third-order valence-electron chi connectivity index (χ3n) is 4.84. The SMILES string of the molecule is NC(=O)c1cnc(-c2n[nH]c3c(C(N)=O)cccc23)nc1NCc1cccc(B(O)O)c1. The van der Waals surface area contributed by atoms with E-state index in [1.165, 1.54) is 6.20 Å². The van der Waals surface area contributed by atoms with Crippen LogP contribution in [0.4, 0.5) is 5.82 Å². The number of nitrogens with zero attached hydrogens (tertiary/aromatic N) is 3. The molecule has 0 fully saturated rings. The molecule has 160 valence electrons. The number of H-pyrrole nitrogens is 1. The average Bonchev–Trinajstić information content (AvgIpc) is 3.21. The smallest absolute Gasteiger partial charge is 0.423 e. The van der Waals surface area contributed by atoms with Crippen molar-refractivity contribution in [1.82, 2.24) is 20.2 Å². The highest BCUT2D eigenvalue weighted by atomic mass is 16.4. The number of benzene rings is 2. The lowest BCUT2D eigenvalue weighted by Crippen LogP contribution is -2.30. The number of rotatable bonds is 7. The molecule has 0 aliphatic carbocycles. The Hall–Kier alpha value is -4.29. The molecule has 2 aromatic carbocycles. The van der Waals surface area contributed by atoms with Crippen molar-refractivity contribution in [1.29, 1.82) is 0 Å². The zero-order valence-electron chi connectivity index (χ0n) is 16.6. The molecule has 2 heterocycles. The Morgan fingerprint density at radius 2 is 1.81 bits per heavy atom. The molecule has 8 N–H and O–H groups in total. The van der Waals surface area contributed by atoms with Gasteiger partial charge in [0.05, 0.1) is 16.6 Å². The van der Waals surface area contributed by atoms with Crippen LogP contribution in [0.2, 0.25) is 0 Å². The number of anilines is 1. The fourth-order valence-corrected chi connectivity index (χ4v) is 3.28. The summed E-state index contributed by atoms with van der Waals surface area (Å²) >= 11 is 0. The quantitative estimate of drug-likeness (QED) is 0.211. The van der Waals surface area contributed by atoms with Gasteiger partial charge < -0.3 is 26.8 Å². The van der Waals surface area contributed by atoms with Crippen molar-refractivity contribution in [3.8, 4) is 11.5 Å². The van der Waals surface area contributed by atoms with Crippen LogP contribution in [0.5, 0.6) is 0 Å². The maximum Gasteiger partial charge on any atom is 0.488 e. The maximum atomic E-state index is 11.9. The molecule has 0 atom stereocenters. The number of primary amides is 2. The van der Waals surface area contributed by atoms with Crippen molar-refractivity contribution in [3.05, 3.63) is 65.4 Å². The van der Waals surface area contributed by atoms with Crippen molar-refractivity contribution in [2.45, 2.75) is 6.54 Å². The van der Waals surface area contributed by atoms with Gasteiger partial charge >= 0.3 is 7.12 Å². The van der Waals surface area contributed by atoms with Crippen molar-refractivity contribution >= 4 is 41.1 Å². The fraction of sp³-hybridized carbons (Fsp3) is 0.0500. The van der Waals surface area contributed by atoms with Crippen LogP contribution < -0.4 is 22.2 Å². The Morgan fingerprint density at radius 1 is 1.06 bits per heavy atom. The standard InChI is InChI=1S/C20H18BN7O4/c22-17(29)13-6-2-5-12-15(13)27-28-16(12)20-25-9-14(18(23)30)19(26-20)24-8-10-3-1-4-11(7-10)21(31)32/h1-7,9,31-32H,8H2,(H2,22,29)(H2,23,30)(H,27,28)(H,24,25,26). The molecule has 2 aromatic heterocycles. The van der Waals surface area contributed by atoms with E-state index in [-0.39, 0.29) is 29.3 Å². The van der Waals surface area contributed by atoms with E-state index in [0.717, 1.165) is 5.56 Å². The van der Waals surface area contributed by atoms with E-state index in [1.54, 1.807) is 42.5 Å². The van der Waals surface area contributed by atoms with E-state index in [1.807, 2.05) is 0 Å². The summed E-state index contributed by atoms with van der Waals surface area (Å²) in [4.78, 5) is 32.2. The maximum absolute atomic E-state index is 11.9. The largest absolute Gasteiger partial charge is 0.488 e. The van der Waals surface area contributed by atoms with Gasteiger partial charge in [0.1, 0.15) is 11.5 Å². The monoisotopic (exact) mass is 431 g/mol. The molecule has 0 aliphatic rings. The Bertz CT molecular complexity index is 1340. The average molecular weight is 431 g/mol. The third-order valence-corrected chi connectivity index (χ3v) is 4.84. The summed E-state index contributed by atoms with van der Waals surface area (Å²) in [6.07, 6.45) is 1.29. The Morgan fingerprint density at radius 3 is 2.53 bits per heavy atom. The van der Waals surface area contributed by atoms with E-state index >= 15 is 0 Å². The first kappa shape index (κ1) is 21.0. The van der Waals surface area contributed by atoms with Crippen LogP contribution in [0, 0.1) is 0 Å².